The van der Waals surface area contributed by atoms with Crippen molar-refractivity contribution in [2.75, 3.05) is 0 Å². The molecule has 0 unspecified atom stereocenters. The van der Waals surface area contributed by atoms with Gasteiger partial charge in [0.05, 0.1) is 15.5 Å². The fourth-order valence-corrected chi connectivity index (χ4v) is 1.62. The smallest absolute Gasteiger partial charge is 0.340 e. The molecule has 0 spiro atoms. The van der Waals surface area contributed by atoms with Crippen molar-refractivity contribution in [1.29, 1.82) is 0 Å². The summed E-state index contributed by atoms with van der Waals surface area (Å²) in [6.07, 6.45) is 0. The number of rotatable bonds is 3. The van der Waals surface area contributed by atoms with E-state index in [0.717, 1.165) is 13.0 Å². The van der Waals surface area contributed by atoms with Gasteiger partial charge in [-0.05, 0) is 13.0 Å². The van der Waals surface area contributed by atoms with Crippen molar-refractivity contribution < 1.29 is 19.9 Å². The number of allylic oxidation sites excluding steroid dienone is 1. The second-order valence-electron chi connectivity index (χ2n) is 3.16. The Morgan fingerprint density at radius 2 is 2.00 bits per heavy atom. The standard InChI is InChI=1S/C10H8ClNO5/c1-5(13)8(10(14)15)9-6(11)3-2-4-7(9)12(16)17/h2-4,13H,1H3,(H,14,15)/b8-5-. The van der Waals surface area contributed by atoms with Gasteiger partial charge in [-0.1, -0.05) is 17.7 Å². The zero-order valence-electron chi connectivity index (χ0n) is 8.68. The number of hydrogen-bond acceptors (Lipinski definition) is 4. The first-order valence-electron chi connectivity index (χ1n) is 4.42. The van der Waals surface area contributed by atoms with E-state index in [0.29, 0.717) is 0 Å². The lowest BCUT2D eigenvalue weighted by Crippen LogP contribution is -2.06. The van der Waals surface area contributed by atoms with Gasteiger partial charge in [-0.2, -0.15) is 0 Å². The number of nitrogens with zero attached hydrogens (tertiary/aromatic N) is 1. The molecule has 0 saturated heterocycles. The molecule has 2 N–H and O–H groups in total. The first-order valence-corrected chi connectivity index (χ1v) is 4.80. The SMILES string of the molecule is C/C(O)=C(/C(=O)O)c1c(Cl)cccc1[N+](=O)[O-]. The lowest BCUT2D eigenvalue weighted by Gasteiger charge is -2.07. The third kappa shape index (κ3) is 2.54. The van der Waals surface area contributed by atoms with Crippen LogP contribution in [0.15, 0.2) is 24.0 Å². The third-order valence-corrected chi connectivity index (χ3v) is 2.33. The van der Waals surface area contributed by atoms with Gasteiger partial charge in [0.1, 0.15) is 11.3 Å². The van der Waals surface area contributed by atoms with Crippen LogP contribution in [0.25, 0.3) is 5.57 Å². The van der Waals surface area contributed by atoms with Crippen molar-refractivity contribution in [3.8, 4) is 0 Å². The van der Waals surface area contributed by atoms with Gasteiger partial charge in [-0.25, -0.2) is 4.79 Å². The van der Waals surface area contributed by atoms with E-state index >= 15 is 0 Å². The van der Waals surface area contributed by atoms with Gasteiger partial charge in [0, 0.05) is 6.07 Å². The zero-order valence-corrected chi connectivity index (χ0v) is 9.43. The maximum atomic E-state index is 11.0. The average molecular weight is 258 g/mol. The number of carbonyl (C=O) groups is 1. The van der Waals surface area contributed by atoms with Gasteiger partial charge in [-0.15, -0.1) is 0 Å². The molecule has 7 heteroatoms. The van der Waals surface area contributed by atoms with E-state index in [1.54, 1.807) is 0 Å². The molecule has 0 saturated carbocycles. The Bertz CT molecular complexity index is 519. The van der Waals surface area contributed by atoms with Crippen molar-refractivity contribution in [2.45, 2.75) is 6.92 Å². The topological polar surface area (TPSA) is 101 Å². The second kappa shape index (κ2) is 4.84. The highest BCUT2D eigenvalue weighted by Crippen LogP contribution is 2.34. The number of benzene rings is 1. The van der Waals surface area contributed by atoms with Crippen LogP contribution < -0.4 is 0 Å². The number of aliphatic hydroxyl groups is 1. The van der Waals surface area contributed by atoms with E-state index in [1.807, 2.05) is 0 Å². The maximum absolute atomic E-state index is 11.0. The Balaban J connectivity index is 3.65. The lowest BCUT2D eigenvalue weighted by molar-refractivity contribution is -0.385. The summed E-state index contributed by atoms with van der Waals surface area (Å²) in [6, 6.07) is 3.76. The number of carboxylic acid groups (broad SMARTS) is 1. The van der Waals surface area contributed by atoms with E-state index < -0.39 is 27.9 Å². The summed E-state index contributed by atoms with van der Waals surface area (Å²) in [6.45, 7) is 1.12. The number of hydrogen-bond donors (Lipinski definition) is 2. The molecule has 0 bridgehead atoms. The number of halogens is 1. The van der Waals surface area contributed by atoms with Crippen molar-refractivity contribution in [3.63, 3.8) is 0 Å². The van der Waals surface area contributed by atoms with Crippen molar-refractivity contribution in [1.82, 2.24) is 0 Å². The number of nitro benzene ring substituents is 1. The highest BCUT2D eigenvalue weighted by molar-refractivity contribution is 6.35. The summed E-state index contributed by atoms with van der Waals surface area (Å²) < 4.78 is 0. The van der Waals surface area contributed by atoms with Gasteiger partial charge in [0.2, 0.25) is 0 Å². The zero-order chi connectivity index (χ0) is 13.2. The van der Waals surface area contributed by atoms with Gasteiger partial charge in [0.25, 0.3) is 5.69 Å². The molecule has 0 radical (unpaired) electrons. The summed E-state index contributed by atoms with van der Waals surface area (Å²) in [4.78, 5) is 21.0. The fraction of sp³-hybridized carbons (Fsp3) is 0.100. The first kappa shape index (κ1) is 13.0. The molecule has 1 aromatic carbocycles. The van der Waals surface area contributed by atoms with Crippen molar-refractivity contribution in [3.05, 3.63) is 44.7 Å². The maximum Gasteiger partial charge on any atom is 0.340 e. The molecular weight excluding hydrogens is 250 g/mol. The van der Waals surface area contributed by atoms with Crippen LogP contribution in [0.1, 0.15) is 12.5 Å². The molecule has 0 aromatic heterocycles. The Kier molecular flexibility index (Phi) is 3.69. The van der Waals surface area contributed by atoms with Crippen LogP contribution in [0, 0.1) is 10.1 Å². The minimum atomic E-state index is -1.48. The number of aliphatic hydroxyl groups excluding tert-OH is 1. The molecule has 90 valence electrons. The van der Waals surface area contributed by atoms with Crippen LogP contribution in [0.2, 0.25) is 5.02 Å². The molecule has 0 atom stereocenters. The molecule has 0 amide bonds. The van der Waals surface area contributed by atoms with E-state index in [1.165, 1.54) is 12.1 Å². The number of carboxylic acids is 1. The predicted octanol–water partition coefficient (Wildman–Crippen LogP) is 2.62. The summed E-state index contributed by atoms with van der Waals surface area (Å²) in [5, 5.41) is 28.9. The number of nitro groups is 1. The molecule has 0 heterocycles. The summed E-state index contributed by atoms with van der Waals surface area (Å²) in [5.41, 5.74) is -1.35. The van der Waals surface area contributed by atoms with Crippen molar-refractivity contribution >= 4 is 28.8 Å². The van der Waals surface area contributed by atoms with Gasteiger partial charge in [0.15, 0.2) is 0 Å². The predicted molar refractivity (Wildman–Crippen MR) is 61.0 cm³/mol. The molecule has 0 aliphatic carbocycles. The fourth-order valence-electron chi connectivity index (χ4n) is 1.35. The van der Waals surface area contributed by atoms with Crippen LogP contribution in [0.5, 0.6) is 0 Å². The minimum Gasteiger partial charge on any atom is -0.512 e. The van der Waals surface area contributed by atoms with Crippen LogP contribution in [0.4, 0.5) is 5.69 Å². The molecule has 6 nitrogen and oxygen atoms in total. The quantitative estimate of drug-likeness (QED) is 0.375. The van der Waals surface area contributed by atoms with Crippen LogP contribution in [-0.2, 0) is 4.79 Å². The highest BCUT2D eigenvalue weighted by Gasteiger charge is 2.26. The van der Waals surface area contributed by atoms with Crippen LogP contribution in [0.3, 0.4) is 0 Å². The summed E-state index contributed by atoms with van der Waals surface area (Å²) in [7, 11) is 0. The molecular formula is C10H8ClNO5. The molecule has 1 aromatic rings. The third-order valence-electron chi connectivity index (χ3n) is 2.01. The molecule has 17 heavy (non-hydrogen) atoms. The molecule has 0 fully saturated rings. The molecule has 0 aliphatic heterocycles. The van der Waals surface area contributed by atoms with Crippen LogP contribution >= 0.6 is 11.6 Å². The first-order chi connectivity index (χ1) is 7.86. The van der Waals surface area contributed by atoms with Crippen LogP contribution in [-0.4, -0.2) is 21.1 Å². The number of aliphatic carboxylic acids is 1. The van der Waals surface area contributed by atoms with E-state index in [-0.39, 0.29) is 10.6 Å². The molecule has 1 rings (SSSR count). The Morgan fingerprint density at radius 1 is 1.41 bits per heavy atom. The largest absolute Gasteiger partial charge is 0.512 e. The highest BCUT2D eigenvalue weighted by atomic mass is 35.5. The Morgan fingerprint density at radius 3 is 2.41 bits per heavy atom. The summed E-state index contributed by atoms with van der Waals surface area (Å²) in [5.74, 6) is -2.03. The average Bonchev–Trinajstić information content (AvgIpc) is 2.19. The molecule has 0 aliphatic rings. The summed E-state index contributed by atoms with van der Waals surface area (Å²) >= 11 is 5.74. The van der Waals surface area contributed by atoms with Gasteiger partial charge in [-0.3, -0.25) is 10.1 Å². The normalized spacial score (nSPS) is 11.9. The minimum absolute atomic E-state index is 0.106. The monoisotopic (exact) mass is 257 g/mol. The van der Waals surface area contributed by atoms with E-state index in [9.17, 15) is 20.0 Å². The van der Waals surface area contributed by atoms with E-state index in [4.69, 9.17) is 16.7 Å². The Labute approximate surface area is 101 Å². The van der Waals surface area contributed by atoms with E-state index in [2.05, 4.69) is 0 Å². The van der Waals surface area contributed by atoms with Gasteiger partial charge < -0.3 is 10.2 Å². The second-order valence-corrected chi connectivity index (χ2v) is 3.56. The Hall–Kier alpha value is -2.08. The van der Waals surface area contributed by atoms with Gasteiger partial charge >= 0.3 is 5.97 Å². The van der Waals surface area contributed by atoms with Crippen molar-refractivity contribution in [2.24, 2.45) is 0 Å². The lowest BCUT2D eigenvalue weighted by atomic mass is 10.0.